The van der Waals surface area contributed by atoms with E-state index < -0.39 is 0 Å². The molecule has 2 aromatic rings. The van der Waals surface area contributed by atoms with Crippen LogP contribution in [0.4, 0.5) is 0 Å². The first-order valence-electron chi connectivity index (χ1n) is 6.17. The summed E-state index contributed by atoms with van der Waals surface area (Å²) in [4.78, 5) is 4.46. The highest BCUT2D eigenvalue weighted by atomic mass is 35.5. The molecule has 1 unspecified atom stereocenters. The van der Waals surface area contributed by atoms with Crippen molar-refractivity contribution in [2.45, 2.75) is 26.4 Å². The summed E-state index contributed by atoms with van der Waals surface area (Å²) < 4.78 is 0. The van der Waals surface area contributed by atoms with Gasteiger partial charge in [0.15, 0.2) is 0 Å². The second-order valence-electron chi connectivity index (χ2n) is 4.54. The number of aryl methyl sites for hydroxylation is 1. The van der Waals surface area contributed by atoms with E-state index in [1.165, 1.54) is 0 Å². The van der Waals surface area contributed by atoms with Crippen molar-refractivity contribution in [2.75, 3.05) is 0 Å². The highest BCUT2D eigenvalue weighted by molar-refractivity contribution is 6.35. The Hall–Kier alpha value is -1.09. The van der Waals surface area contributed by atoms with Crippen LogP contribution in [0.1, 0.15) is 29.9 Å². The SMILES string of the molecule is Cc1cccc(CNC(C)c2ccc(Cl)cc2Cl)n1. The minimum atomic E-state index is 0.145. The molecule has 0 aliphatic heterocycles. The molecule has 19 heavy (non-hydrogen) atoms. The summed E-state index contributed by atoms with van der Waals surface area (Å²) in [6.07, 6.45) is 0. The molecule has 0 saturated carbocycles. The number of benzene rings is 1. The van der Waals surface area contributed by atoms with Gasteiger partial charge in [0.1, 0.15) is 0 Å². The molecule has 2 rings (SSSR count). The molecule has 4 heteroatoms. The molecule has 0 radical (unpaired) electrons. The van der Waals surface area contributed by atoms with Crippen LogP contribution in [-0.4, -0.2) is 4.98 Å². The molecule has 0 fully saturated rings. The second kappa shape index (κ2) is 6.38. The third kappa shape index (κ3) is 3.93. The van der Waals surface area contributed by atoms with E-state index >= 15 is 0 Å². The molecular weight excluding hydrogens is 279 g/mol. The molecule has 1 heterocycles. The summed E-state index contributed by atoms with van der Waals surface area (Å²) in [5.74, 6) is 0. The molecular formula is C15H16Cl2N2. The van der Waals surface area contributed by atoms with E-state index in [0.29, 0.717) is 16.6 Å². The average molecular weight is 295 g/mol. The Morgan fingerprint density at radius 2 is 2.00 bits per heavy atom. The fraction of sp³-hybridized carbons (Fsp3) is 0.267. The third-order valence-electron chi connectivity index (χ3n) is 2.96. The lowest BCUT2D eigenvalue weighted by Crippen LogP contribution is -2.19. The summed E-state index contributed by atoms with van der Waals surface area (Å²) in [6.45, 7) is 4.77. The topological polar surface area (TPSA) is 24.9 Å². The van der Waals surface area contributed by atoms with E-state index in [9.17, 15) is 0 Å². The molecule has 0 aliphatic carbocycles. The van der Waals surface area contributed by atoms with Crippen LogP contribution in [0.3, 0.4) is 0 Å². The Labute approximate surface area is 123 Å². The summed E-state index contributed by atoms with van der Waals surface area (Å²) >= 11 is 12.1. The van der Waals surface area contributed by atoms with E-state index in [-0.39, 0.29) is 6.04 Å². The number of pyridine rings is 1. The van der Waals surface area contributed by atoms with Crippen molar-refractivity contribution in [3.8, 4) is 0 Å². The van der Waals surface area contributed by atoms with E-state index in [4.69, 9.17) is 23.2 Å². The number of rotatable bonds is 4. The summed E-state index contributed by atoms with van der Waals surface area (Å²) in [7, 11) is 0. The minimum absolute atomic E-state index is 0.145. The molecule has 1 aromatic heterocycles. The third-order valence-corrected chi connectivity index (χ3v) is 3.53. The van der Waals surface area contributed by atoms with E-state index in [0.717, 1.165) is 17.0 Å². The minimum Gasteiger partial charge on any atom is -0.305 e. The Morgan fingerprint density at radius 1 is 1.21 bits per heavy atom. The lowest BCUT2D eigenvalue weighted by Gasteiger charge is -2.15. The van der Waals surface area contributed by atoms with Gasteiger partial charge in [-0.3, -0.25) is 4.98 Å². The van der Waals surface area contributed by atoms with Crippen molar-refractivity contribution in [1.29, 1.82) is 0 Å². The number of nitrogens with one attached hydrogen (secondary N) is 1. The maximum atomic E-state index is 6.19. The molecule has 1 aromatic carbocycles. The van der Waals surface area contributed by atoms with Gasteiger partial charge in [-0.25, -0.2) is 0 Å². The normalized spacial score (nSPS) is 12.4. The number of hydrogen-bond acceptors (Lipinski definition) is 2. The zero-order valence-corrected chi connectivity index (χ0v) is 12.5. The monoisotopic (exact) mass is 294 g/mol. The fourth-order valence-electron chi connectivity index (χ4n) is 1.92. The van der Waals surface area contributed by atoms with Crippen molar-refractivity contribution in [3.05, 3.63) is 63.4 Å². The van der Waals surface area contributed by atoms with E-state index in [1.807, 2.05) is 37.3 Å². The van der Waals surface area contributed by atoms with Gasteiger partial charge in [0.05, 0.1) is 5.69 Å². The van der Waals surface area contributed by atoms with Gasteiger partial charge < -0.3 is 5.32 Å². The van der Waals surface area contributed by atoms with Crippen LogP contribution in [-0.2, 0) is 6.54 Å². The molecule has 2 nitrogen and oxygen atoms in total. The van der Waals surface area contributed by atoms with Gasteiger partial charge >= 0.3 is 0 Å². The van der Waals surface area contributed by atoms with Crippen molar-refractivity contribution in [2.24, 2.45) is 0 Å². The lowest BCUT2D eigenvalue weighted by atomic mass is 10.1. The molecule has 0 spiro atoms. The van der Waals surface area contributed by atoms with Gasteiger partial charge in [-0.1, -0.05) is 35.3 Å². The summed E-state index contributed by atoms with van der Waals surface area (Å²) in [6, 6.07) is 11.7. The van der Waals surface area contributed by atoms with Crippen molar-refractivity contribution >= 4 is 23.2 Å². The van der Waals surface area contributed by atoms with Gasteiger partial charge in [0.25, 0.3) is 0 Å². The standard InChI is InChI=1S/C15H16Cl2N2/c1-10-4-3-5-13(19-10)9-18-11(2)14-7-6-12(16)8-15(14)17/h3-8,11,18H,9H2,1-2H3. The van der Waals surface area contributed by atoms with Crippen LogP contribution in [0.15, 0.2) is 36.4 Å². The quantitative estimate of drug-likeness (QED) is 0.895. The van der Waals surface area contributed by atoms with Crippen LogP contribution >= 0.6 is 23.2 Å². The van der Waals surface area contributed by atoms with Gasteiger partial charge in [0, 0.05) is 28.3 Å². The van der Waals surface area contributed by atoms with Gasteiger partial charge in [-0.2, -0.15) is 0 Å². The van der Waals surface area contributed by atoms with Crippen molar-refractivity contribution in [1.82, 2.24) is 10.3 Å². The predicted octanol–water partition coefficient (Wildman–Crippen LogP) is 4.55. The van der Waals surface area contributed by atoms with Crippen molar-refractivity contribution < 1.29 is 0 Å². The predicted molar refractivity (Wildman–Crippen MR) is 80.7 cm³/mol. The van der Waals surface area contributed by atoms with Crippen LogP contribution < -0.4 is 5.32 Å². The summed E-state index contributed by atoms with van der Waals surface area (Å²) in [5.41, 5.74) is 3.09. The summed E-state index contributed by atoms with van der Waals surface area (Å²) in [5, 5.41) is 4.75. The smallest absolute Gasteiger partial charge is 0.0545 e. The second-order valence-corrected chi connectivity index (χ2v) is 5.38. The van der Waals surface area contributed by atoms with E-state index in [1.54, 1.807) is 6.07 Å². The largest absolute Gasteiger partial charge is 0.305 e. The average Bonchev–Trinajstić information content (AvgIpc) is 2.36. The molecule has 1 N–H and O–H groups in total. The van der Waals surface area contributed by atoms with E-state index in [2.05, 4.69) is 17.2 Å². The molecule has 0 bridgehead atoms. The first-order valence-corrected chi connectivity index (χ1v) is 6.92. The molecule has 100 valence electrons. The fourth-order valence-corrected chi connectivity index (χ4v) is 2.49. The highest BCUT2D eigenvalue weighted by Gasteiger charge is 2.09. The maximum Gasteiger partial charge on any atom is 0.0545 e. The Kier molecular flexibility index (Phi) is 4.81. The molecule has 0 saturated heterocycles. The van der Waals surface area contributed by atoms with Crippen LogP contribution in [0.5, 0.6) is 0 Å². The first-order chi connectivity index (χ1) is 9.06. The Balaban J connectivity index is 2.03. The van der Waals surface area contributed by atoms with Crippen LogP contribution in [0.25, 0.3) is 0 Å². The molecule has 0 aliphatic rings. The Morgan fingerprint density at radius 3 is 2.68 bits per heavy atom. The zero-order chi connectivity index (χ0) is 13.8. The Bertz CT molecular complexity index is 570. The maximum absolute atomic E-state index is 6.19. The van der Waals surface area contributed by atoms with Crippen LogP contribution in [0.2, 0.25) is 10.0 Å². The first kappa shape index (κ1) is 14.3. The van der Waals surface area contributed by atoms with Crippen LogP contribution in [0, 0.1) is 6.92 Å². The number of aromatic nitrogens is 1. The van der Waals surface area contributed by atoms with Gasteiger partial charge in [-0.15, -0.1) is 0 Å². The number of hydrogen-bond donors (Lipinski definition) is 1. The number of nitrogens with zero attached hydrogens (tertiary/aromatic N) is 1. The molecule has 0 amide bonds. The number of halogens is 2. The van der Waals surface area contributed by atoms with Gasteiger partial charge in [0.2, 0.25) is 0 Å². The highest BCUT2D eigenvalue weighted by Crippen LogP contribution is 2.26. The molecule has 1 atom stereocenters. The van der Waals surface area contributed by atoms with Crippen molar-refractivity contribution in [3.63, 3.8) is 0 Å². The zero-order valence-electron chi connectivity index (χ0n) is 11.0. The van der Waals surface area contributed by atoms with Gasteiger partial charge in [-0.05, 0) is 43.7 Å². The lowest BCUT2D eigenvalue weighted by molar-refractivity contribution is 0.567.